The molecular weight excluding hydrogens is 625 g/mol. The third-order valence-electron chi connectivity index (χ3n) is 7.99. The molecule has 6 rings (SSSR count). The minimum absolute atomic E-state index is 0.0204. The lowest BCUT2D eigenvalue weighted by Crippen LogP contribution is -2.46. The second kappa shape index (κ2) is 13.3. The van der Waals surface area contributed by atoms with Crippen molar-refractivity contribution in [3.8, 4) is 28.7 Å². The summed E-state index contributed by atoms with van der Waals surface area (Å²) in [4.78, 5) is 56.9. The number of methoxy groups -OCH3 is 3. The van der Waals surface area contributed by atoms with Crippen LogP contribution in [-0.2, 0) is 20.9 Å². The third-order valence-corrected chi connectivity index (χ3v) is 7.99. The SMILES string of the molecule is COc1cc(C(C(=O)Nc2ccc3c(c2)OCO3)N(Cc2ccccc2F)C(=O)CN2C(=O)C(=O)c3ccccc32)cc(OC)c1OC. The van der Waals surface area contributed by atoms with E-state index in [4.69, 9.17) is 23.7 Å². The van der Waals surface area contributed by atoms with Gasteiger partial charge in [-0.3, -0.25) is 24.1 Å². The van der Waals surface area contributed by atoms with E-state index in [-0.39, 0.29) is 53.0 Å². The lowest BCUT2D eigenvalue weighted by molar-refractivity contribution is -0.139. The third kappa shape index (κ3) is 5.93. The number of rotatable bonds is 11. The van der Waals surface area contributed by atoms with Crippen LogP contribution >= 0.6 is 0 Å². The van der Waals surface area contributed by atoms with E-state index in [1.807, 2.05) is 0 Å². The van der Waals surface area contributed by atoms with Crippen molar-refractivity contribution in [2.24, 2.45) is 0 Å². The van der Waals surface area contributed by atoms with Crippen LogP contribution in [0, 0.1) is 5.82 Å². The molecule has 13 heteroatoms. The van der Waals surface area contributed by atoms with Gasteiger partial charge >= 0.3 is 0 Å². The number of Topliss-reactive ketones (excluding diaryl/α,β-unsaturated/α-hetero) is 1. The smallest absolute Gasteiger partial charge is 0.299 e. The summed E-state index contributed by atoms with van der Waals surface area (Å²) in [7, 11) is 4.22. The Morgan fingerprint density at radius 2 is 1.58 bits per heavy atom. The van der Waals surface area contributed by atoms with E-state index >= 15 is 4.39 Å². The molecule has 0 radical (unpaired) electrons. The van der Waals surface area contributed by atoms with Gasteiger partial charge in [-0.25, -0.2) is 4.39 Å². The van der Waals surface area contributed by atoms with Gasteiger partial charge in [-0.2, -0.15) is 0 Å². The number of carbonyl (C=O) groups is 4. The van der Waals surface area contributed by atoms with Crippen molar-refractivity contribution in [2.75, 3.05) is 44.9 Å². The van der Waals surface area contributed by atoms with Crippen molar-refractivity contribution in [3.63, 3.8) is 0 Å². The number of hydrogen-bond acceptors (Lipinski definition) is 9. The molecular formula is C35H30FN3O9. The van der Waals surface area contributed by atoms with E-state index < -0.39 is 41.9 Å². The number of fused-ring (bicyclic) bond motifs is 2. The summed E-state index contributed by atoms with van der Waals surface area (Å²) in [6.45, 7) is -0.986. The zero-order valence-corrected chi connectivity index (χ0v) is 26.2. The van der Waals surface area contributed by atoms with Gasteiger partial charge in [0.1, 0.15) is 18.4 Å². The van der Waals surface area contributed by atoms with E-state index in [0.29, 0.717) is 17.2 Å². The first-order valence-electron chi connectivity index (χ1n) is 14.7. The Bertz CT molecular complexity index is 1910. The van der Waals surface area contributed by atoms with Crippen LogP contribution in [0.3, 0.4) is 0 Å². The van der Waals surface area contributed by atoms with E-state index in [2.05, 4.69) is 5.32 Å². The standard InChI is InChI=1S/C35H30FN3O9/c1-44-28-14-21(15-29(45-2)33(28)46-3)31(34(42)37-22-12-13-26-27(16-22)48-19-47-26)39(17-20-8-4-6-10-24(20)36)30(40)18-38-25-11-7-5-9-23(25)32(41)35(38)43/h4-16,31H,17-19H2,1-3H3,(H,37,42). The number of carbonyl (C=O) groups excluding carboxylic acids is 4. The fourth-order valence-electron chi connectivity index (χ4n) is 5.68. The Morgan fingerprint density at radius 1 is 0.896 bits per heavy atom. The number of nitrogens with one attached hydrogen (secondary N) is 1. The van der Waals surface area contributed by atoms with Gasteiger partial charge in [0.05, 0.1) is 32.6 Å². The van der Waals surface area contributed by atoms with Crippen LogP contribution in [0.2, 0.25) is 0 Å². The van der Waals surface area contributed by atoms with Crippen molar-refractivity contribution in [3.05, 3.63) is 101 Å². The van der Waals surface area contributed by atoms with Gasteiger partial charge in [-0.1, -0.05) is 30.3 Å². The number of amides is 3. The minimum atomic E-state index is -1.46. The molecule has 2 heterocycles. The van der Waals surface area contributed by atoms with Gasteiger partial charge in [-0.05, 0) is 48.0 Å². The Morgan fingerprint density at radius 3 is 2.29 bits per heavy atom. The molecule has 2 aliphatic rings. The molecule has 0 spiro atoms. The summed E-state index contributed by atoms with van der Waals surface area (Å²) in [6.07, 6.45) is 0. The monoisotopic (exact) mass is 655 g/mol. The number of ether oxygens (including phenoxy) is 5. The average Bonchev–Trinajstić information content (AvgIpc) is 3.66. The zero-order valence-electron chi connectivity index (χ0n) is 26.2. The molecule has 3 amide bonds. The van der Waals surface area contributed by atoms with Crippen molar-refractivity contribution >= 4 is 34.9 Å². The predicted octanol–water partition coefficient (Wildman–Crippen LogP) is 4.52. The highest BCUT2D eigenvalue weighted by atomic mass is 19.1. The van der Waals surface area contributed by atoms with Crippen LogP contribution in [0.4, 0.5) is 15.8 Å². The summed E-state index contributed by atoms with van der Waals surface area (Å²) in [5, 5.41) is 2.82. The molecule has 246 valence electrons. The second-order valence-corrected chi connectivity index (χ2v) is 10.8. The zero-order chi connectivity index (χ0) is 33.9. The maximum atomic E-state index is 15.2. The molecule has 4 aromatic rings. The molecule has 0 aliphatic carbocycles. The van der Waals surface area contributed by atoms with Crippen molar-refractivity contribution in [1.29, 1.82) is 0 Å². The largest absolute Gasteiger partial charge is 0.493 e. The second-order valence-electron chi connectivity index (χ2n) is 10.8. The van der Waals surface area contributed by atoms with Gasteiger partial charge in [0.2, 0.25) is 18.4 Å². The minimum Gasteiger partial charge on any atom is -0.493 e. The summed E-state index contributed by atoms with van der Waals surface area (Å²) >= 11 is 0. The molecule has 0 saturated carbocycles. The first-order valence-corrected chi connectivity index (χ1v) is 14.7. The highest BCUT2D eigenvalue weighted by molar-refractivity contribution is 6.52. The van der Waals surface area contributed by atoms with Crippen LogP contribution in [0.15, 0.2) is 78.9 Å². The van der Waals surface area contributed by atoms with Crippen LogP contribution < -0.4 is 33.9 Å². The Hall–Kier alpha value is -6.11. The molecule has 2 aliphatic heterocycles. The number of ketones is 1. The maximum Gasteiger partial charge on any atom is 0.299 e. The molecule has 0 saturated heterocycles. The number of nitrogens with zero attached hydrogens (tertiary/aromatic N) is 2. The lowest BCUT2D eigenvalue weighted by Gasteiger charge is -2.33. The van der Waals surface area contributed by atoms with Gasteiger partial charge in [-0.15, -0.1) is 0 Å². The van der Waals surface area contributed by atoms with Crippen LogP contribution in [0.1, 0.15) is 27.5 Å². The van der Waals surface area contributed by atoms with Crippen LogP contribution in [0.5, 0.6) is 28.7 Å². The summed E-state index contributed by atoms with van der Waals surface area (Å²) in [5.41, 5.74) is 1.05. The summed E-state index contributed by atoms with van der Waals surface area (Å²) in [5.74, 6) is -2.20. The first-order chi connectivity index (χ1) is 23.2. The Kier molecular flexibility index (Phi) is 8.84. The molecule has 0 aromatic heterocycles. The fraction of sp³-hybridized carbons (Fsp3) is 0.200. The van der Waals surface area contributed by atoms with E-state index in [0.717, 1.165) is 9.80 Å². The van der Waals surface area contributed by atoms with Gasteiger partial charge in [0.25, 0.3) is 17.6 Å². The molecule has 1 N–H and O–H groups in total. The molecule has 48 heavy (non-hydrogen) atoms. The highest BCUT2D eigenvalue weighted by Gasteiger charge is 2.40. The lowest BCUT2D eigenvalue weighted by atomic mass is 10.0. The number of hydrogen-bond donors (Lipinski definition) is 1. The highest BCUT2D eigenvalue weighted by Crippen LogP contribution is 2.42. The molecule has 1 unspecified atom stereocenters. The number of para-hydroxylation sites is 1. The maximum absolute atomic E-state index is 15.2. The molecule has 0 fully saturated rings. The van der Waals surface area contributed by atoms with E-state index in [1.54, 1.807) is 42.5 Å². The summed E-state index contributed by atoms with van der Waals surface area (Å²) < 4.78 is 42.6. The normalized spacial score (nSPS) is 13.5. The quantitative estimate of drug-likeness (QED) is 0.232. The average molecular weight is 656 g/mol. The Labute approximate surface area is 274 Å². The van der Waals surface area contributed by atoms with Gasteiger partial charge in [0, 0.05) is 23.9 Å². The Balaban J connectivity index is 1.47. The van der Waals surface area contributed by atoms with Crippen LogP contribution in [0.25, 0.3) is 0 Å². The number of anilines is 2. The van der Waals surface area contributed by atoms with Crippen molar-refractivity contribution < 1.29 is 47.3 Å². The molecule has 0 bridgehead atoms. The molecule has 12 nitrogen and oxygen atoms in total. The van der Waals surface area contributed by atoms with Crippen LogP contribution in [-0.4, -0.2) is 63.1 Å². The molecule has 1 atom stereocenters. The van der Waals surface area contributed by atoms with E-state index in [1.165, 1.54) is 57.7 Å². The van der Waals surface area contributed by atoms with Crippen molar-refractivity contribution in [2.45, 2.75) is 12.6 Å². The predicted molar refractivity (Wildman–Crippen MR) is 170 cm³/mol. The number of benzene rings is 4. The molecule has 4 aromatic carbocycles. The van der Waals surface area contributed by atoms with Gasteiger partial charge < -0.3 is 33.9 Å². The first kappa shape index (κ1) is 31.9. The summed E-state index contributed by atoms with van der Waals surface area (Å²) in [6, 6.07) is 18.5. The number of halogens is 1. The van der Waals surface area contributed by atoms with Gasteiger partial charge in [0.15, 0.2) is 23.0 Å². The topological polar surface area (TPSA) is 133 Å². The van der Waals surface area contributed by atoms with Crippen molar-refractivity contribution in [1.82, 2.24) is 4.90 Å². The fourth-order valence-corrected chi connectivity index (χ4v) is 5.68. The van der Waals surface area contributed by atoms with E-state index in [9.17, 15) is 19.2 Å².